The van der Waals surface area contributed by atoms with E-state index >= 15 is 0 Å². The smallest absolute Gasteiger partial charge is 0.0119 e. The van der Waals surface area contributed by atoms with E-state index in [0.29, 0.717) is 5.41 Å². The van der Waals surface area contributed by atoms with Gasteiger partial charge in [-0.1, -0.05) is 30.3 Å². The SMILES string of the molecule is Sc1ccc(C23CC4CC(CC(C4)C2)C3)c2ccccc12. The van der Waals surface area contributed by atoms with E-state index in [9.17, 15) is 0 Å². The van der Waals surface area contributed by atoms with Gasteiger partial charge in [0.25, 0.3) is 0 Å². The van der Waals surface area contributed by atoms with Gasteiger partial charge in [-0.3, -0.25) is 0 Å². The van der Waals surface area contributed by atoms with Crippen molar-refractivity contribution < 1.29 is 0 Å². The molecule has 6 rings (SSSR count). The molecular weight excluding hydrogens is 272 g/mol. The van der Waals surface area contributed by atoms with Crippen LogP contribution in [0.5, 0.6) is 0 Å². The average molecular weight is 294 g/mol. The second kappa shape index (κ2) is 4.29. The van der Waals surface area contributed by atoms with E-state index in [1.165, 1.54) is 49.3 Å². The van der Waals surface area contributed by atoms with Crippen molar-refractivity contribution in [2.45, 2.75) is 48.8 Å². The molecule has 21 heavy (non-hydrogen) atoms. The van der Waals surface area contributed by atoms with E-state index in [1.807, 2.05) is 0 Å². The van der Waals surface area contributed by atoms with Crippen LogP contribution in [0.25, 0.3) is 10.8 Å². The minimum absolute atomic E-state index is 0.482. The van der Waals surface area contributed by atoms with Crippen molar-refractivity contribution in [3.63, 3.8) is 0 Å². The quantitative estimate of drug-likeness (QED) is 0.651. The molecule has 4 aliphatic rings. The predicted octanol–water partition coefficient (Wildman–Crippen LogP) is 5.60. The summed E-state index contributed by atoms with van der Waals surface area (Å²) >= 11 is 4.68. The Balaban J connectivity index is 1.73. The minimum Gasteiger partial charge on any atom is -0.143 e. The molecule has 2 aromatic rings. The van der Waals surface area contributed by atoms with Gasteiger partial charge in [-0.25, -0.2) is 0 Å². The van der Waals surface area contributed by atoms with Crippen LogP contribution in [0, 0.1) is 17.8 Å². The van der Waals surface area contributed by atoms with Gasteiger partial charge in [-0.05, 0) is 84.1 Å². The molecule has 0 amide bonds. The van der Waals surface area contributed by atoms with Crippen LogP contribution in [-0.2, 0) is 5.41 Å². The molecule has 4 bridgehead atoms. The van der Waals surface area contributed by atoms with E-state index in [1.54, 1.807) is 5.56 Å². The van der Waals surface area contributed by atoms with Crippen molar-refractivity contribution in [2.75, 3.05) is 0 Å². The summed E-state index contributed by atoms with van der Waals surface area (Å²) in [6.45, 7) is 0. The topological polar surface area (TPSA) is 0 Å². The zero-order valence-corrected chi connectivity index (χ0v) is 13.3. The molecule has 2 aromatic carbocycles. The van der Waals surface area contributed by atoms with Crippen LogP contribution in [0.1, 0.15) is 44.1 Å². The molecule has 0 heterocycles. The number of rotatable bonds is 1. The lowest BCUT2D eigenvalue weighted by Crippen LogP contribution is -2.48. The molecule has 0 nitrogen and oxygen atoms in total. The Morgan fingerprint density at radius 3 is 1.95 bits per heavy atom. The summed E-state index contributed by atoms with van der Waals surface area (Å²) in [6, 6.07) is 13.5. The first-order chi connectivity index (χ1) is 10.2. The van der Waals surface area contributed by atoms with E-state index in [4.69, 9.17) is 0 Å². The van der Waals surface area contributed by atoms with Crippen LogP contribution in [0.4, 0.5) is 0 Å². The summed E-state index contributed by atoms with van der Waals surface area (Å²) in [4.78, 5) is 1.12. The summed E-state index contributed by atoms with van der Waals surface area (Å²) in [5, 5.41) is 2.81. The average Bonchev–Trinajstić information content (AvgIpc) is 2.46. The fourth-order valence-electron chi connectivity index (χ4n) is 6.19. The lowest BCUT2D eigenvalue weighted by molar-refractivity contribution is -0.00450. The number of benzene rings is 2. The maximum atomic E-state index is 4.68. The third kappa shape index (κ3) is 1.76. The lowest BCUT2D eigenvalue weighted by atomic mass is 9.48. The van der Waals surface area contributed by atoms with Crippen molar-refractivity contribution in [3.05, 3.63) is 42.0 Å². The van der Waals surface area contributed by atoms with Gasteiger partial charge in [-0.2, -0.15) is 0 Å². The Hall–Kier alpha value is -0.950. The Bertz CT molecular complexity index is 680. The fraction of sp³-hybridized carbons (Fsp3) is 0.500. The molecule has 0 radical (unpaired) electrons. The molecule has 0 aliphatic heterocycles. The fourth-order valence-corrected chi connectivity index (χ4v) is 6.46. The molecule has 0 spiro atoms. The highest BCUT2D eigenvalue weighted by Crippen LogP contribution is 2.61. The van der Waals surface area contributed by atoms with Crippen LogP contribution >= 0.6 is 12.6 Å². The van der Waals surface area contributed by atoms with Gasteiger partial charge in [-0.15, -0.1) is 12.6 Å². The first-order valence-corrected chi connectivity index (χ1v) is 8.89. The highest BCUT2D eigenvalue weighted by molar-refractivity contribution is 7.80. The van der Waals surface area contributed by atoms with E-state index < -0.39 is 0 Å². The molecule has 0 aromatic heterocycles. The number of fused-ring (bicyclic) bond motifs is 1. The Morgan fingerprint density at radius 2 is 1.33 bits per heavy atom. The van der Waals surface area contributed by atoms with Crippen LogP contribution in [0.3, 0.4) is 0 Å². The monoisotopic (exact) mass is 294 g/mol. The van der Waals surface area contributed by atoms with Gasteiger partial charge < -0.3 is 0 Å². The number of hydrogen-bond donors (Lipinski definition) is 1. The van der Waals surface area contributed by atoms with E-state index in [-0.39, 0.29) is 0 Å². The molecule has 108 valence electrons. The minimum atomic E-state index is 0.482. The maximum absolute atomic E-state index is 4.68. The van der Waals surface area contributed by atoms with Gasteiger partial charge in [0.2, 0.25) is 0 Å². The zero-order chi connectivity index (χ0) is 14.0. The standard InChI is InChI=1S/C20H22S/c21-19-6-5-18(16-3-1-2-4-17(16)19)20-10-13-7-14(11-20)9-15(8-13)12-20/h1-6,13-15,21H,7-12H2. The Kier molecular flexibility index (Phi) is 2.57. The summed E-state index contributed by atoms with van der Waals surface area (Å²) in [7, 11) is 0. The number of thiol groups is 1. The molecule has 0 atom stereocenters. The van der Waals surface area contributed by atoms with Crippen LogP contribution in [-0.4, -0.2) is 0 Å². The molecule has 1 heteroatoms. The second-order valence-corrected chi connectivity index (χ2v) is 8.36. The van der Waals surface area contributed by atoms with Crippen molar-refractivity contribution in [1.29, 1.82) is 0 Å². The molecule has 4 fully saturated rings. The molecule has 0 N–H and O–H groups in total. The van der Waals surface area contributed by atoms with Gasteiger partial charge in [0.15, 0.2) is 0 Å². The third-order valence-electron chi connectivity index (χ3n) is 6.51. The molecule has 4 saturated carbocycles. The van der Waals surface area contributed by atoms with Gasteiger partial charge in [0.05, 0.1) is 0 Å². The molecule has 0 unspecified atom stereocenters. The highest BCUT2D eigenvalue weighted by Gasteiger charge is 2.51. The van der Waals surface area contributed by atoms with Crippen LogP contribution in [0.15, 0.2) is 41.3 Å². The van der Waals surface area contributed by atoms with Gasteiger partial charge in [0, 0.05) is 4.90 Å². The maximum Gasteiger partial charge on any atom is 0.0119 e. The first-order valence-electron chi connectivity index (χ1n) is 8.45. The highest BCUT2D eigenvalue weighted by atomic mass is 32.1. The summed E-state index contributed by atoms with van der Waals surface area (Å²) in [5.74, 6) is 3.02. The van der Waals surface area contributed by atoms with Crippen molar-refractivity contribution in [1.82, 2.24) is 0 Å². The van der Waals surface area contributed by atoms with E-state index in [2.05, 4.69) is 49.0 Å². The van der Waals surface area contributed by atoms with E-state index in [0.717, 1.165) is 22.6 Å². The van der Waals surface area contributed by atoms with Crippen LogP contribution in [0.2, 0.25) is 0 Å². The Morgan fingerprint density at radius 1 is 0.762 bits per heavy atom. The van der Waals surface area contributed by atoms with Crippen LogP contribution < -0.4 is 0 Å². The number of hydrogen-bond acceptors (Lipinski definition) is 1. The summed E-state index contributed by atoms with van der Waals surface area (Å²) < 4.78 is 0. The largest absolute Gasteiger partial charge is 0.143 e. The molecule has 4 aliphatic carbocycles. The summed E-state index contributed by atoms with van der Waals surface area (Å²) in [5.41, 5.74) is 2.12. The zero-order valence-electron chi connectivity index (χ0n) is 12.4. The van der Waals surface area contributed by atoms with Crippen molar-refractivity contribution in [2.24, 2.45) is 17.8 Å². The Labute approximate surface area is 132 Å². The van der Waals surface area contributed by atoms with Gasteiger partial charge >= 0.3 is 0 Å². The lowest BCUT2D eigenvalue weighted by Gasteiger charge is -2.57. The first kappa shape index (κ1) is 12.6. The summed E-state index contributed by atoms with van der Waals surface area (Å²) in [6.07, 6.45) is 8.87. The molecular formula is C20H22S. The third-order valence-corrected chi connectivity index (χ3v) is 6.90. The normalized spacial score (nSPS) is 37.3. The second-order valence-electron chi connectivity index (χ2n) is 7.88. The molecule has 0 saturated heterocycles. The predicted molar refractivity (Wildman–Crippen MR) is 91.1 cm³/mol. The van der Waals surface area contributed by atoms with Crippen molar-refractivity contribution in [3.8, 4) is 0 Å². The van der Waals surface area contributed by atoms with Gasteiger partial charge in [0.1, 0.15) is 0 Å². The van der Waals surface area contributed by atoms with Crippen molar-refractivity contribution >= 4 is 23.4 Å².